The number of nitrogens with two attached hydrogens (primary N) is 1. The Balaban J connectivity index is 1.87. The molecule has 10 heteroatoms. The Kier molecular flexibility index (Phi) is 6.33. The summed E-state index contributed by atoms with van der Waals surface area (Å²) in [6.07, 6.45) is 6.05. The number of hydrogen-bond donors (Lipinski definition) is 4. The van der Waals surface area contributed by atoms with Crippen LogP contribution in [-0.4, -0.2) is 32.0 Å². The molecule has 156 valence electrons. The molecule has 0 bridgehead atoms. The Labute approximate surface area is 187 Å². The Morgan fingerprint density at radius 3 is 2.60 bits per heavy atom. The van der Waals surface area contributed by atoms with Gasteiger partial charge < -0.3 is 25.9 Å². The molecular weight excluding hydrogens is 449 g/mol. The molecule has 1 aliphatic carbocycles. The molecule has 1 aromatic heterocycles. The summed E-state index contributed by atoms with van der Waals surface area (Å²) in [7, 11) is 0. The molecule has 1 aromatic carbocycles. The van der Waals surface area contributed by atoms with Crippen LogP contribution in [-0.2, 0) is 6.42 Å². The first-order chi connectivity index (χ1) is 14.1. The molecule has 7 nitrogen and oxygen atoms in total. The lowest BCUT2D eigenvalue weighted by Crippen LogP contribution is -2.56. The number of amides is 3. The molecule has 3 amide bonds. The predicted molar refractivity (Wildman–Crippen MR) is 119 cm³/mol. The zero-order valence-electron chi connectivity index (χ0n) is 15.4. The van der Waals surface area contributed by atoms with Crippen molar-refractivity contribution in [3.8, 4) is 0 Å². The van der Waals surface area contributed by atoms with Crippen LogP contribution in [0, 0.1) is 0 Å². The van der Waals surface area contributed by atoms with Crippen molar-refractivity contribution in [3.05, 3.63) is 77.8 Å². The smallest absolute Gasteiger partial charge is 0.317 e. The third kappa shape index (κ3) is 4.57. The van der Waals surface area contributed by atoms with E-state index in [1.807, 2.05) is 12.1 Å². The fourth-order valence-electron chi connectivity index (χ4n) is 2.89. The minimum absolute atomic E-state index is 0.177. The van der Waals surface area contributed by atoms with Gasteiger partial charge in [0.15, 0.2) is 15.7 Å². The van der Waals surface area contributed by atoms with Crippen LogP contribution in [0.5, 0.6) is 0 Å². The van der Waals surface area contributed by atoms with E-state index in [4.69, 9.17) is 45.6 Å². The number of carbonyl (C=O) groups excluding carboxylic acids is 2. The van der Waals surface area contributed by atoms with Crippen molar-refractivity contribution in [2.45, 2.75) is 16.4 Å². The molecule has 0 saturated heterocycles. The van der Waals surface area contributed by atoms with E-state index in [0.29, 0.717) is 17.7 Å². The van der Waals surface area contributed by atoms with Gasteiger partial charge in [0.25, 0.3) is 5.91 Å². The van der Waals surface area contributed by atoms with Gasteiger partial charge >= 0.3 is 6.03 Å². The highest BCUT2D eigenvalue weighted by molar-refractivity contribution is 7.80. The van der Waals surface area contributed by atoms with Crippen molar-refractivity contribution >= 4 is 58.0 Å². The SMILES string of the molecule is NC(=O)NC(=S)C1(Cl)C=C(Cc2ccccc2NC(=O)c2ccco2)C=CC1(O)Cl. The first-order valence-corrected chi connectivity index (χ1v) is 9.83. The number of rotatable bonds is 5. The predicted octanol–water partition coefficient (Wildman–Crippen LogP) is 3.47. The van der Waals surface area contributed by atoms with Gasteiger partial charge in [-0.25, -0.2) is 4.79 Å². The lowest BCUT2D eigenvalue weighted by atomic mass is 9.88. The number of primary amides is 1. The van der Waals surface area contributed by atoms with Gasteiger partial charge in [-0.05, 0) is 47.9 Å². The largest absolute Gasteiger partial charge is 0.459 e. The third-order valence-corrected chi connectivity index (χ3v) is 6.03. The van der Waals surface area contributed by atoms with E-state index in [0.717, 1.165) is 5.56 Å². The summed E-state index contributed by atoms with van der Waals surface area (Å²) in [6.45, 7) is 0. The average Bonchev–Trinajstić information content (AvgIpc) is 3.21. The van der Waals surface area contributed by atoms with Crippen LogP contribution in [0.15, 0.2) is 70.9 Å². The van der Waals surface area contributed by atoms with E-state index >= 15 is 0 Å². The van der Waals surface area contributed by atoms with Gasteiger partial charge in [0.2, 0.25) is 0 Å². The van der Waals surface area contributed by atoms with Gasteiger partial charge in [0.1, 0.15) is 4.99 Å². The van der Waals surface area contributed by atoms with E-state index in [9.17, 15) is 14.7 Å². The van der Waals surface area contributed by atoms with Gasteiger partial charge in [0, 0.05) is 5.69 Å². The summed E-state index contributed by atoms with van der Waals surface area (Å²) in [5, 5.41) is 13.4. The van der Waals surface area contributed by atoms with Crippen LogP contribution in [0.3, 0.4) is 0 Å². The highest BCUT2D eigenvalue weighted by atomic mass is 35.5. The number of anilines is 1. The number of furan rings is 1. The summed E-state index contributed by atoms with van der Waals surface area (Å²) in [6, 6.07) is 9.41. The lowest BCUT2D eigenvalue weighted by molar-refractivity contribution is 0.0996. The second-order valence-corrected chi connectivity index (χ2v) is 8.10. The molecule has 5 N–H and O–H groups in total. The average molecular weight is 466 g/mol. The van der Waals surface area contributed by atoms with Crippen LogP contribution < -0.4 is 16.4 Å². The molecule has 3 rings (SSSR count). The Hall–Kier alpha value is -2.65. The summed E-state index contributed by atoms with van der Waals surface area (Å²) in [5.41, 5.74) is 7.08. The van der Waals surface area contributed by atoms with Crippen molar-refractivity contribution in [1.82, 2.24) is 5.32 Å². The quantitative estimate of drug-likeness (QED) is 0.398. The van der Waals surface area contributed by atoms with Crippen LogP contribution in [0.25, 0.3) is 0 Å². The minimum Gasteiger partial charge on any atom is -0.459 e. The molecule has 2 atom stereocenters. The van der Waals surface area contributed by atoms with E-state index in [-0.39, 0.29) is 10.7 Å². The molecule has 0 radical (unpaired) electrons. The Morgan fingerprint density at radius 2 is 1.93 bits per heavy atom. The van der Waals surface area contributed by atoms with Crippen molar-refractivity contribution in [3.63, 3.8) is 0 Å². The van der Waals surface area contributed by atoms with Gasteiger partial charge in [0.05, 0.1) is 6.26 Å². The second kappa shape index (κ2) is 8.61. The number of aliphatic hydroxyl groups is 1. The normalized spacial score (nSPS) is 22.8. The van der Waals surface area contributed by atoms with Crippen LogP contribution >= 0.6 is 35.4 Å². The fourth-order valence-corrected chi connectivity index (χ4v) is 3.72. The zero-order chi connectivity index (χ0) is 21.9. The van der Waals surface area contributed by atoms with Crippen LogP contribution in [0.4, 0.5) is 10.5 Å². The van der Waals surface area contributed by atoms with Crippen LogP contribution in [0.2, 0.25) is 0 Å². The van der Waals surface area contributed by atoms with Gasteiger partial charge in [-0.2, -0.15) is 0 Å². The third-order valence-electron chi connectivity index (χ3n) is 4.39. The molecule has 0 aliphatic heterocycles. The minimum atomic E-state index is -2.08. The van der Waals surface area contributed by atoms with Crippen LogP contribution in [0.1, 0.15) is 16.1 Å². The number of hydrogen-bond acceptors (Lipinski definition) is 5. The van der Waals surface area contributed by atoms with E-state index in [2.05, 4.69) is 10.6 Å². The maximum atomic E-state index is 12.3. The number of allylic oxidation sites excluding steroid dienone is 2. The van der Waals surface area contributed by atoms with Crippen molar-refractivity contribution < 1.29 is 19.1 Å². The molecule has 2 aromatic rings. The molecule has 30 heavy (non-hydrogen) atoms. The zero-order valence-corrected chi connectivity index (χ0v) is 17.7. The first-order valence-electron chi connectivity index (χ1n) is 8.67. The first kappa shape index (κ1) is 22.0. The molecule has 0 saturated carbocycles. The maximum absolute atomic E-state index is 12.3. The number of halogens is 2. The van der Waals surface area contributed by atoms with Gasteiger partial charge in [-0.15, -0.1) is 11.6 Å². The van der Waals surface area contributed by atoms with E-state index in [1.54, 1.807) is 30.3 Å². The lowest BCUT2D eigenvalue weighted by Gasteiger charge is -2.37. The number of thiocarbonyl (C=S) groups is 1. The topological polar surface area (TPSA) is 118 Å². The highest BCUT2D eigenvalue weighted by Crippen LogP contribution is 2.41. The second-order valence-electron chi connectivity index (χ2n) is 6.52. The van der Waals surface area contributed by atoms with Gasteiger partial charge in [-0.1, -0.05) is 48.1 Å². The molecule has 2 unspecified atom stereocenters. The van der Waals surface area contributed by atoms with E-state index < -0.39 is 21.9 Å². The van der Waals surface area contributed by atoms with Crippen molar-refractivity contribution in [2.24, 2.45) is 5.73 Å². The fraction of sp³-hybridized carbons (Fsp3) is 0.150. The Bertz CT molecular complexity index is 1050. The van der Waals surface area contributed by atoms with Gasteiger partial charge in [-0.3, -0.25) is 4.79 Å². The standard InChI is InChI=1S/C20H17Cl2N3O4S/c21-19(17(30)25-18(23)27)11-12(7-8-20(19,22)28)10-13-4-1-2-5-14(13)24-16(26)15-6-3-9-29-15/h1-9,11,28H,10H2,(H,24,26)(H3,23,25,27,30). The number of benzene rings is 1. The van der Waals surface area contributed by atoms with E-state index in [1.165, 1.54) is 18.4 Å². The number of alkyl halides is 2. The monoisotopic (exact) mass is 465 g/mol. The highest BCUT2D eigenvalue weighted by Gasteiger charge is 2.50. The summed E-state index contributed by atoms with van der Waals surface area (Å²) in [5.74, 6) is -0.217. The van der Waals surface area contributed by atoms with Crippen molar-refractivity contribution in [1.29, 1.82) is 0 Å². The Morgan fingerprint density at radius 1 is 1.20 bits per heavy atom. The summed E-state index contributed by atoms with van der Waals surface area (Å²) >= 11 is 17.8. The van der Waals surface area contributed by atoms with Crippen molar-refractivity contribution in [2.75, 3.05) is 5.32 Å². The summed E-state index contributed by atoms with van der Waals surface area (Å²) in [4.78, 5) is 21.5. The maximum Gasteiger partial charge on any atom is 0.317 e. The number of para-hydroxylation sites is 1. The molecule has 0 spiro atoms. The molecule has 1 heterocycles. The molecule has 0 fully saturated rings. The number of urea groups is 1. The number of carbonyl (C=O) groups is 2. The summed E-state index contributed by atoms with van der Waals surface area (Å²) < 4.78 is 5.11. The molecular formula is C20H17Cl2N3O4S. The molecule has 1 aliphatic rings. The number of nitrogens with one attached hydrogen (secondary N) is 2.